The Hall–Kier alpha value is -0.770. The minimum atomic E-state index is -1.90. The summed E-state index contributed by atoms with van der Waals surface area (Å²) in [6, 6.07) is 0. The first-order valence-electron chi connectivity index (χ1n) is 5.10. The molecule has 2 rings (SSSR count). The summed E-state index contributed by atoms with van der Waals surface area (Å²) in [7, 11) is 0. The topological polar surface area (TPSA) is 126 Å². The average Bonchev–Trinajstić information content (AvgIpc) is 2.27. The van der Waals surface area contributed by atoms with Crippen LogP contribution in [0.5, 0.6) is 0 Å². The predicted octanol–water partition coefficient (Wildman–Crippen LogP) is -2.36. The van der Waals surface area contributed by atoms with Gasteiger partial charge < -0.3 is 34.6 Å². The number of rotatable bonds is 1. The number of aliphatic carboxylic acids is 1. The third-order valence-electron chi connectivity index (χ3n) is 2.93. The van der Waals surface area contributed by atoms with Gasteiger partial charge in [0.15, 0.2) is 6.29 Å². The number of carbonyl (C=O) groups is 1. The first kappa shape index (κ1) is 12.7. The lowest BCUT2D eigenvalue weighted by Crippen LogP contribution is -2.66. The molecule has 8 nitrogen and oxygen atoms in total. The molecule has 6 atom stereocenters. The molecule has 0 aromatic carbocycles. The monoisotopic (exact) mass is 250 g/mol. The fraction of sp³-hybridized carbons (Fsp3) is 0.889. The molecule has 0 spiro atoms. The summed E-state index contributed by atoms with van der Waals surface area (Å²) in [4.78, 5) is 10.9. The summed E-state index contributed by atoms with van der Waals surface area (Å²) in [5.74, 6) is -3.24. The van der Waals surface area contributed by atoms with E-state index < -0.39 is 42.5 Å². The highest BCUT2D eigenvalue weighted by atomic mass is 16.8. The van der Waals surface area contributed by atoms with Crippen LogP contribution in [0.4, 0.5) is 0 Å². The van der Waals surface area contributed by atoms with Gasteiger partial charge in [-0.25, -0.2) is 4.79 Å². The van der Waals surface area contributed by atoms with Crippen molar-refractivity contribution in [3.8, 4) is 0 Å². The predicted molar refractivity (Wildman–Crippen MR) is 49.8 cm³/mol. The summed E-state index contributed by atoms with van der Waals surface area (Å²) in [5, 5.41) is 37.3. The summed E-state index contributed by atoms with van der Waals surface area (Å²) in [5.41, 5.74) is 0. The number of carboxylic acids is 1. The molecule has 0 saturated carbocycles. The molecule has 0 aromatic rings. The van der Waals surface area contributed by atoms with E-state index in [1.54, 1.807) is 0 Å². The summed E-state index contributed by atoms with van der Waals surface area (Å²) in [6.45, 7) is 1.03. The van der Waals surface area contributed by atoms with Crippen LogP contribution in [0.2, 0.25) is 0 Å². The number of aliphatic hydroxyl groups is 3. The van der Waals surface area contributed by atoms with E-state index in [-0.39, 0.29) is 6.61 Å². The van der Waals surface area contributed by atoms with Crippen molar-refractivity contribution >= 4 is 5.97 Å². The van der Waals surface area contributed by atoms with Crippen LogP contribution in [0.3, 0.4) is 0 Å². The van der Waals surface area contributed by atoms with Crippen LogP contribution in [0.1, 0.15) is 6.92 Å². The quantitative estimate of drug-likeness (QED) is 0.407. The Bertz CT molecular complexity index is 318. The molecule has 0 bridgehead atoms. The molecule has 98 valence electrons. The molecule has 0 aromatic heterocycles. The van der Waals surface area contributed by atoms with Gasteiger partial charge in [0, 0.05) is 6.92 Å². The molecule has 17 heavy (non-hydrogen) atoms. The second kappa shape index (κ2) is 4.16. The van der Waals surface area contributed by atoms with Gasteiger partial charge in [-0.2, -0.15) is 0 Å². The molecular weight excluding hydrogens is 236 g/mol. The Labute approximate surface area is 96.3 Å². The van der Waals surface area contributed by atoms with Crippen molar-refractivity contribution in [2.24, 2.45) is 0 Å². The lowest BCUT2D eigenvalue weighted by atomic mass is 9.97. The van der Waals surface area contributed by atoms with Crippen molar-refractivity contribution in [2.75, 3.05) is 6.61 Å². The zero-order chi connectivity index (χ0) is 12.8. The molecule has 2 saturated heterocycles. The Kier molecular flexibility index (Phi) is 3.10. The molecule has 2 heterocycles. The van der Waals surface area contributed by atoms with Gasteiger partial charge in [-0.15, -0.1) is 0 Å². The number of hydrogen-bond donors (Lipinski definition) is 4. The zero-order valence-corrected chi connectivity index (χ0v) is 9.02. The van der Waals surface area contributed by atoms with Crippen molar-refractivity contribution in [1.29, 1.82) is 0 Å². The minimum Gasteiger partial charge on any atom is -0.477 e. The Morgan fingerprint density at radius 3 is 2.53 bits per heavy atom. The maximum atomic E-state index is 10.9. The molecule has 0 amide bonds. The van der Waals surface area contributed by atoms with E-state index in [1.165, 1.54) is 6.92 Å². The van der Waals surface area contributed by atoms with Gasteiger partial charge in [-0.1, -0.05) is 0 Å². The number of ether oxygens (including phenoxy) is 3. The van der Waals surface area contributed by atoms with Crippen molar-refractivity contribution in [2.45, 2.75) is 43.4 Å². The standard InChI is InChI=1S/C9H14O8/c1-9(8(13)14)15-2-3-6(17-9)4(10)5(11)7(12)16-3/h3-7,10-12H,2H2,1H3,(H,13,14)/t3-,4-,5-,6-,7-,9+/m1/s1. The van der Waals surface area contributed by atoms with Crippen LogP contribution in [-0.2, 0) is 19.0 Å². The highest BCUT2D eigenvalue weighted by Crippen LogP contribution is 2.32. The van der Waals surface area contributed by atoms with E-state index >= 15 is 0 Å². The Morgan fingerprint density at radius 1 is 1.29 bits per heavy atom. The molecule has 8 heteroatoms. The highest BCUT2D eigenvalue weighted by Gasteiger charge is 2.53. The Morgan fingerprint density at radius 2 is 1.94 bits per heavy atom. The van der Waals surface area contributed by atoms with Crippen LogP contribution in [0.15, 0.2) is 0 Å². The first-order valence-corrected chi connectivity index (χ1v) is 5.10. The van der Waals surface area contributed by atoms with E-state index in [4.69, 9.17) is 19.3 Å². The molecule has 2 fully saturated rings. The smallest absolute Gasteiger partial charge is 0.364 e. The largest absolute Gasteiger partial charge is 0.477 e. The SMILES string of the molecule is C[C@]1(C(=O)O)OC[C@H]2O[C@@H](O)[C@H](O)[C@@H](O)[C@@H]2O1. The van der Waals surface area contributed by atoms with Crippen LogP contribution in [0.25, 0.3) is 0 Å². The third-order valence-corrected chi connectivity index (χ3v) is 2.93. The molecule has 2 aliphatic heterocycles. The van der Waals surface area contributed by atoms with Crippen molar-refractivity contribution in [1.82, 2.24) is 0 Å². The van der Waals surface area contributed by atoms with Crippen molar-refractivity contribution < 1.29 is 39.4 Å². The van der Waals surface area contributed by atoms with Crippen LogP contribution >= 0.6 is 0 Å². The van der Waals surface area contributed by atoms with E-state index in [0.717, 1.165) is 0 Å². The van der Waals surface area contributed by atoms with Crippen LogP contribution < -0.4 is 0 Å². The van der Waals surface area contributed by atoms with Crippen LogP contribution in [-0.4, -0.2) is 69.5 Å². The fourth-order valence-corrected chi connectivity index (χ4v) is 1.85. The summed E-state index contributed by atoms with van der Waals surface area (Å²) >= 11 is 0. The van der Waals surface area contributed by atoms with E-state index in [0.29, 0.717) is 0 Å². The van der Waals surface area contributed by atoms with Crippen molar-refractivity contribution in [3.05, 3.63) is 0 Å². The van der Waals surface area contributed by atoms with Gasteiger partial charge in [0.05, 0.1) is 6.61 Å². The van der Waals surface area contributed by atoms with Gasteiger partial charge in [0.2, 0.25) is 0 Å². The minimum absolute atomic E-state index is 0.158. The number of carboxylic acid groups (broad SMARTS) is 1. The van der Waals surface area contributed by atoms with Gasteiger partial charge in [0.1, 0.15) is 24.4 Å². The zero-order valence-electron chi connectivity index (χ0n) is 9.02. The average molecular weight is 250 g/mol. The second-order valence-corrected chi connectivity index (χ2v) is 4.19. The third kappa shape index (κ3) is 2.03. The molecule has 0 radical (unpaired) electrons. The number of aliphatic hydroxyl groups excluding tert-OH is 3. The second-order valence-electron chi connectivity index (χ2n) is 4.19. The van der Waals surface area contributed by atoms with E-state index in [2.05, 4.69) is 0 Å². The summed E-state index contributed by atoms with van der Waals surface area (Å²) in [6.07, 6.45) is -6.43. The van der Waals surface area contributed by atoms with Gasteiger partial charge in [-0.05, 0) is 0 Å². The maximum absolute atomic E-state index is 10.9. The molecule has 4 N–H and O–H groups in total. The lowest BCUT2D eigenvalue weighted by molar-refractivity contribution is -0.373. The van der Waals surface area contributed by atoms with Gasteiger partial charge in [0.25, 0.3) is 5.79 Å². The fourth-order valence-electron chi connectivity index (χ4n) is 1.85. The van der Waals surface area contributed by atoms with E-state index in [1.807, 2.05) is 0 Å². The van der Waals surface area contributed by atoms with Crippen molar-refractivity contribution in [3.63, 3.8) is 0 Å². The number of fused-ring (bicyclic) bond motifs is 1. The number of hydrogen-bond acceptors (Lipinski definition) is 7. The lowest BCUT2D eigenvalue weighted by Gasteiger charge is -2.47. The van der Waals surface area contributed by atoms with Crippen LogP contribution in [0, 0.1) is 0 Å². The maximum Gasteiger partial charge on any atom is 0.364 e. The molecule has 0 unspecified atom stereocenters. The van der Waals surface area contributed by atoms with Gasteiger partial charge >= 0.3 is 5.97 Å². The normalized spacial score (nSPS) is 50.7. The molecular formula is C9H14O8. The molecule has 0 aliphatic carbocycles. The summed E-state index contributed by atoms with van der Waals surface area (Å²) < 4.78 is 15.0. The molecule has 2 aliphatic rings. The van der Waals surface area contributed by atoms with E-state index in [9.17, 15) is 20.1 Å². The Balaban J connectivity index is 2.16. The highest BCUT2D eigenvalue weighted by molar-refractivity contribution is 5.75. The van der Waals surface area contributed by atoms with Gasteiger partial charge in [-0.3, -0.25) is 0 Å². The first-order chi connectivity index (χ1) is 7.85.